The maximum atomic E-state index is 5.84. The molecule has 0 aliphatic rings. The lowest BCUT2D eigenvalue weighted by Crippen LogP contribution is -1.79. The summed E-state index contributed by atoms with van der Waals surface area (Å²) in [7, 11) is 1.61. The third-order valence-corrected chi connectivity index (χ3v) is 2.95. The van der Waals surface area contributed by atoms with Crippen LogP contribution in [0.15, 0.2) is 27.3 Å². The van der Waals surface area contributed by atoms with Crippen molar-refractivity contribution in [3.63, 3.8) is 0 Å². The first kappa shape index (κ1) is 11.1. The van der Waals surface area contributed by atoms with E-state index in [1.807, 2.05) is 18.2 Å². The first-order valence-electron chi connectivity index (χ1n) is 3.49. The Bertz CT molecular complexity index is 313. The van der Waals surface area contributed by atoms with Crippen LogP contribution in [-0.4, -0.2) is 7.11 Å². The summed E-state index contributed by atoms with van der Waals surface area (Å²) in [4.78, 5) is 0. The minimum Gasteiger partial charge on any atom is -0.504 e. The highest BCUT2D eigenvalue weighted by Gasteiger charge is 2.03. The first-order chi connectivity index (χ1) is 6.15. The summed E-state index contributed by atoms with van der Waals surface area (Å²) in [5, 5.41) is 0.688. The monoisotopic (exact) mass is 324 g/mol. The highest BCUT2D eigenvalue weighted by molar-refractivity contribution is 9.11. The zero-order valence-corrected chi connectivity index (χ0v) is 10.8. The van der Waals surface area contributed by atoms with Crippen molar-refractivity contribution in [3.8, 4) is 0 Å². The molecule has 70 valence electrons. The third-order valence-electron chi connectivity index (χ3n) is 1.41. The second-order valence-electron chi connectivity index (χ2n) is 2.32. The summed E-state index contributed by atoms with van der Waals surface area (Å²) in [6.45, 7) is 0. The lowest BCUT2D eigenvalue weighted by atomic mass is 10.2. The van der Waals surface area contributed by atoms with Gasteiger partial charge in [0.25, 0.3) is 0 Å². The second kappa shape index (κ2) is 5.03. The largest absolute Gasteiger partial charge is 0.504 e. The van der Waals surface area contributed by atoms with E-state index in [1.165, 1.54) is 0 Å². The Balaban J connectivity index is 3.13. The fraction of sp³-hybridized carbons (Fsp3) is 0.111. The Morgan fingerprint density at radius 1 is 1.31 bits per heavy atom. The highest BCUT2D eigenvalue weighted by atomic mass is 79.9. The van der Waals surface area contributed by atoms with Crippen LogP contribution in [0.4, 0.5) is 0 Å². The number of hydrogen-bond donors (Lipinski definition) is 0. The number of rotatable bonds is 2. The number of benzene rings is 1. The topological polar surface area (TPSA) is 9.23 Å². The molecule has 0 aliphatic heterocycles. The molecule has 0 N–H and O–H groups in total. The van der Waals surface area contributed by atoms with Crippen LogP contribution in [0.2, 0.25) is 5.02 Å². The predicted octanol–water partition coefficient (Wildman–Crippen LogP) is 4.48. The van der Waals surface area contributed by atoms with Crippen molar-refractivity contribution in [2.75, 3.05) is 7.11 Å². The standard InChI is InChI=1S/C9H7Br2ClO/c1-13-3-2-7-8(10)4-6(12)5-9(7)11/h2-5H,1H3/b3-2+. The molecule has 0 saturated carbocycles. The molecule has 0 amide bonds. The average Bonchev–Trinajstić information content (AvgIpc) is 2.02. The van der Waals surface area contributed by atoms with Gasteiger partial charge in [-0.3, -0.25) is 0 Å². The van der Waals surface area contributed by atoms with Crippen molar-refractivity contribution < 1.29 is 4.74 Å². The van der Waals surface area contributed by atoms with Crippen molar-refractivity contribution in [1.29, 1.82) is 0 Å². The number of methoxy groups -OCH3 is 1. The van der Waals surface area contributed by atoms with Crippen LogP contribution >= 0.6 is 43.5 Å². The summed E-state index contributed by atoms with van der Waals surface area (Å²) in [5.41, 5.74) is 1.01. The van der Waals surface area contributed by atoms with Gasteiger partial charge in [0.05, 0.1) is 13.4 Å². The molecule has 0 fully saturated rings. The maximum absolute atomic E-state index is 5.84. The minimum absolute atomic E-state index is 0.688. The van der Waals surface area contributed by atoms with Gasteiger partial charge in [-0.2, -0.15) is 0 Å². The Morgan fingerprint density at radius 3 is 2.31 bits per heavy atom. The van der Waals surface area contributed by atoms with Gasteiger partial charge in [0.2, 0.25) is 0 Å². The predicted molar refractivity (Wildman–Crippen MR) is 62.9 cm³/mol. The van der Waals surface area contributed by atoms with Crippen molar-refractivity contribution in [1.82, 2.24) is 0 Å². The van der Waals surface area contributed by atoms with Gasteiger partial charge in [-0.1, -0.05) is 43.5 Å². The van der Waals surface area contributed by atoms with Gasteiger partial charge < -0.3 is 4.74 Å². The van der Waals surface area contributed by atoms with Crippen LogP contribution in [-0.2, 0) is 4.74 Å². The van der Waals surface area contributed by atoms with Crippen LogP contribution in [0.1, 0.15) is 5.56 Å². The Hall–Kier alpha value is 0.01000. The van der Waals surface area contributed by atoms with E-state index in [1.54, 1.807) is 13.4 Å². The Labute approximate surface area is 99.0 Å². The van der Waals surface area contributed by atoms with E-state index >= 15 is 0 Å². The fourth-order valence-electron chi connectivity index (χ4n) is 0.849. The summed E-state index contributed by atoms with van der Waals surface area (Å²) >= 11 is 12.7. The van der Waals surface area contributed by atoms with E-state index < -0.39 is 0 Å². The molecule has 0 radical (unpaired) electrons. The highest BCUT2D eigenvalue weighted by Crippen LogP contribution is 2.30. The molecule has 0 bridgehead atoms. The molecule has 0 unspecified atom stereocenters. The minimum atomic E-state index is 0.688. The van der Waals surface area contributed by atoms with Gasteiger partial charge in [0.15, 0.2) is 0 Å². The molecule has 1 rings (SSSR count). The summed E-state index contributed by atoms with van der Waals surface area (Å²) < 4.78 is 6.69. The van der Waals surface area contributed by atoms with E-state index in [9.17, 15) is 0 Å². The van der Waals surface area contributed by atoms with E-state index in [-0.39, 0.29) is 0 Å². The second-order valence-corrected chi connectivity index (χ2v) is 4.47. The molecule has 1 aromatic rings. The Morgan fingerprint density at radius 2 is 1.85 bits per heavy atom. The first-order valence-corrected chi connectivity index (χ1v) is 5.45. The van der Waals surface area contributed by atoms with Gasteiger partial charge in [0.1, 0.15) is 0 Å². The number of ether oxygens (including phenoxy) is 1. The number of halogens is 3. The molecule has 0 atom stereocenters. The van der Waals surface area contributed by atoms with Gasteiger partial charge in [-0.25, -0.2) is 0 Å². The molecule has 0 spiro atoms. The van der Waals surface area contributed by atoms with E-state index in [2.05, 4.69) is 31.9 Å². The summed E-state index contributed by atoms with van der Waals surface area (Å²) in [6.07, 6.45) is 3.46. The average molecular weight is 326 g/mol. The number of hydrogen-bond acceptors (Lipinski definition) is 1. The smallest absolute Gasteiger partial charge is 0.0831 e. The van der Waals surface area contributed by atoms with Crippen LogP contribution in [0.25, 0.3) is 6.08 Å². The Kier molecular flexibility index (Phi) is 4.29. The molecular formula is C9H7Br2ClO. The van der Waals surface area contributed by atoms with E-state index in [0.717, 1.165) is 14.5 Å². The molecule has 4 heteroatoms. The fourth-order valence-corrected chi connectivity index (χ4v) is 2.78. The van der Waals surface area contributed by atoms with Gasteiger partial charge >= 0.3 is 0 Å². The van der Waals surface area contributed by atoms with Crippen LogP contribution < -0.4 is 0 Å². The zero-order valence-electron chi connectivity index (χ0n) is 6.85. The van der Waals surface area contributed by atoms with Crippen LogP contribution in [0, 0.1) is 0 Å². The lowest BCUT2D eigenvalue weighted by molar-refractivity contribution is 0.341. The van der Waals surface area contributed by atoms with E-state index in [4.69, 9.17) is 16.3 Å². The van der Waals surface area contributed by atoms with Crippen molar-refractivity contribution in [2.24, 2.45) is 0 Å². The zero-order chi connectivity index (χ0) is 9.84. The summed E-state index contributed by atoms with van der Waals surface area (Å²) in [6, 6.07) is 3.67. The van der Waals surface area contributed by atoms with Crippen LogP contribution in [0.5, 0.6) is 0 Å². The molecular weight excluding hydrogens is 319 g/mol. The molecule has 0 aromatic heterocycles. The normalized spacial score (nSPS) is 10.8. The van der Waals surface area contributed by atoms with Gasteiger partial charge in [0, 0.05) is 19.5 Å². The van der Waals surface area contributed by atoms with Gasteiger partial charge in [-0.05, 0) is 18.2 Å². The van der Waals surface area contributed by atoms with Crippen LogP contribution in [0.3, 0.4) is 0 Å². The SMILES string of the molecule is CO/C=C/c1c(Br)cc(Cl)cc1Br. The molecule has 13 heavy (non-hydrogen) atoms. The lowest BCUT2D eigenvalue weighted by Gasteiger charge is -2.02. The van der Waals surface area contributed by atoms with Crippen molar-refractivity contribution >= 4 is 49.5 Å². The van der Waals surface area contributed by atoms with Crippen molar-refractivity contribution in [3.05, 3.63) is 37.9 Å². The van der Waals surface area contributed by atoms with E-state index in [0.29, 0.717) is 5.02 Å². The maximum Gasteiger partial charge on any atom is 0.0831 e. The molecule has 0 heterocycles. The third kappa shape index (κ3) is 3.01. The van der Waals surface area contributed by atoms with Crippen molar-refractivity contribution in [2.45, 2.75) is 0 Å². The quantitative estimate of drug-likeness (QED) is 0.728. The molecule has 1 aromatic carbocycles. The molecule has 0 saturated heterocycles. The molecule has 0 aliphatic carbocycles. The molecule has 1 nitrogen and oxygen atoms in total. The summed E-state index contributed by atoms with van der Waals surface area (Å²) in [5.74, 6) is 0. The van der Waals surface area contributed by atoms with Gasteiger partial charge in [-0.15, -0.1) is 0 Å².